The number of hydrogen-bond acceptors (Lipinski definition) is 4. The Bertz CT molecular complexity index is 773. The third-order valence-electron chi connectivity index (χ3n) is 2.36. The molecule has 0 fully saturated rings. The smallest absolute Gasteiger partial charge is 1.00 e. The fourth-order valence-electron chi connectivity index (χ4n) is 1.46. The van der Waals surface area contributed by atoms with E-state index in [0.717, 1.165) is 10.9 Å². The Morgan fingerprint density at radius 1 is 1.12 bits per heavy atom. The van der Waals surface area contributed by atoms with Crippen molar-refractivity contribution in [2.75, 3.05) is 0 Å². The summed E-state index contributed by atoms with van der Waals surface area (Å²) >= 11 is 11.1. The van der Waals surface area contributed by atoms with Crippen molar-refractivity contribution in [3.8, 4) is 0 Å². The molecule has 0 aliphatic carbocycles. The second-order valence-electron chi connectivity index (χ2n) is 3.61. The summed E-state index contributed by atoms with van der Waals surface area (Å²) in [5, 5.41) is 11.7. The molecule has 0 bridgehead atoms. The molecule has 0 amide bonds. The van der Waals surface area contributed by atoms with Crippen LogP contribution in [0.15, 0.2) is 49.4 Å². The molecule has 122 valence electrons. The SMILES string of the molecule is Clc1nccc2cc[nH]c12.O=[N+]([O-])c1cccnc1Cl.[Br-].[CH-]=C.[Mg+2]. The maximum absolute atomic E-state index is 10.1. The quantitative estimate of drug-likeness (QED) is 0.201. The molecule has 10 heteroatoms. The summed E-state index contributed by atoms with van der Waals surface area (Å²) in [4.78, 5) is 20.0. The zero-order valence-corrected chi connectivity index (χ0v) is 16.8. The molecular weight excluding hydrogens is 431 g/mol. The molecule has 0 saturated carbocycles. The van der Waals surface area contributed by atoms with E-state index >= 15 is 0 Å². The predicted octanol–water partition coefficient (Wildman–Crippen LogP) is 1.09. The molecule has 0 aromatic carbocycles. The molecule has 1 N–H and O–H groups in total. The summed E-state index contributed by atoms with van der Waals surface area (Å²) in [6, 6.07) is 6.64. The molecule has 0 aliphatic rings. The molecule has 0 aliphatic heterocycles. The van der Waals surface area contributed by atoms with Crippen LogP contribution in [0.4, 0.5) is 5.69 Å². The van der Waals surface area contributed by atoms with Crippen LogP contribution in [0.2, 0.25) is 10.3 Å². The summed E-state index contributed by atoms with van der Waals surface area (Å²) in [5.41, 5.74) is 0.744. The van der Waals surface area contributed by atoms with Gasteiger partial charge in [0.15, 0.2) is 5.15 Å². The molecule has 0 radical (unpaired) electrons. The topological polar surface area (TPSA) is 84.7 Å². The number of pyridine rings is 2. The summed E-state index contributed by atoms with van der Waals surface area (Å²) in [6.45, 7) is 7.00. The van der Waals surface area contributed by atoms with Gasteiger partial charge >= 0.3 is 28.7 Å². The van der Waals surface area contributed by atoms with Crippen molar-refractivity contribution in [1.29, 1.82) is 0 Å². The van der Waals surface area contributed by atoms with Crippen LogP contribution >= 0.6 is 23.2 Å². The van der Waals surface area contributed by atoms with E-state index in [4.69, 9.17) is 23.2 Å². The number of fused-ring (bicyclic) bond motifs is 1. The number of nitrogens with zero attached hydrogens (tertiary/aromatic N) is 3. The van der Waals surface area contributed by atoms with Crippen molar-refractivity contribution in [1.82, 2.24) is 15.0 Å². The number of hydrogen-bond donors (Lipinski definition) is 1. The number of aromatic amines is 1. The summed E-state index contributed by atoms with van der Waals surface area (Å²) in [7, 11) is 0. The molecule has 0 unspecified atom stereocenters. The van der Waals surface area contributed by atoms with Crippen molar-refractivity contribution >= 4 is 62.8 Å². The number of H-pyrrole nitrogens is 1. The van der Waals surface area contributed by atoms with Crippen LogP contribution in [-0.4, -0.2) is 42.9 Å². The van der Waals surface area contributed by atoms with Gasteiger partial charge in [0.1, 0.15) is 0 Å². The van der Waals surface area contributed by atoms with Crippen LogP contribution in [0.1, 0.15) is 0 Å². The van der Waals surface area contributed by atoms with E-state index in [1.54, 1.807) is 6.20 Å². The zero-order valence-electron chi connectivity index (χ0n) is 12.3. The Hall–Kier alpha value is -1.19. The van der Waals surface area contributed by atoms with Crippen molar-refractivity contribution < 1.29 is 21.9 Å². The molecular formula is C14H11BrCl2MgN4O2. The Morgan fingerprint density at radius 2 is 1.75 bits per heavy atom. The predicted molar refractivity (Wildman–Crippen MR) is 92.7 cm³/mol. The van der Waals surface area contributed by atoms with Gasteiger partial charge in [0, 0.05) is 30.0 Å². The average molecular weight is 442 g/mol. The van der Waals surface area contributed by atoms with E-state index in [1.807, 2.05) is 18.3 Å². The van der Waals surface area contributed by atoms with E-state index in [1.165, 1.54) is 18.3 Å². The molecule has 3 heterocycles. The number of rotatable bonds is 1. The minimum absolute atomic E-state index is 0. The molecule has 3 aromatic rings. The zero-order chi connectivity index (χ0) is 16.5. The minimum Gasteiger partial charge on any atom is -1.00 e. The van der Waals surface area contributed by atoms with Crippen LogP contribution in [0.25, 0.3) is 10.9 Å². The van der Waals surface area contributed by atoms with Gasteiger partial charge in [-0.25, -0.2) is 9.97 Å². The average Bonchev–Trinajstić information content (AvgIpc) is 3.00. The molecule has 3 rings (SSSR count). The van der Waals surface area contributed by atoms with E-state index in [9.17, 15) is 10.1 Å². The second-order valence-corrected chi connectivity index (χ2v) is 4.33. The molecule has 24 heavy (non-hydrogen) atoms. The first kappa shape index (κ1) is 25.1. The number of aromatic nitrogens is 3. The Kier molecular flexibility index (Phi) is 13.7. The van der Waals surface area contributed by atoms with Crippen LogP contribution in [0, 0.1) is 16.7 Å². The summed E-state index contributed by atoms with van der Waals surface area (Å²) in [6.07, 6.45) is 4.94. The van der Waals surface area contributed by atoms with Crippen LogP contribution in [0.3, 0.4) is 0 Å². The minimum atomic E-state index is -0.574. The monoisotopic (exact) mass is 440 g/mol. The van der Waals surface area contributed by atoms with E-state index in [-0.39, 0.29) is 50.9 Å². The van der Waals surface area contributed by atoms with Crippen molar-refractivity contribution in [2.45, 2.75) is 0 Å². The van der Waals surface area contributed by atoms with Gasteiger partial charge in [-0.3, -0.25) is 16.7 Å². The van der Waals surface area contributed by atoms with Gasteiger partial charge in [-0.2, -0.15) is 0 Å². The Morgan fingerprint density at radius 3 is 2.25 bits per heavy atom. The number of nitrogens with one attached hydrogen (secondary N) is 1. The first-order valence-corrected chi connectivity index (χ1v) is 6.58. The first-order valence-electron chi connectivity index (χ1n) is 5.83. The second kappa shape index (κ2) is 13.1. The summed E-state index contributed by atoms with van der Waals surface area (Å²) in [5.74, 6) is 0. The fraction of sp³-hybridized carbons (Fsp3) is 0. The number of halogens is 3. The van der Waals surface area contributed by atoms with E-state index in [2.05, 4.69) is 28.1 Å². The van der Waals surface area contributed by atoms with Gasteiger partial charge < -0.3 is 28.5 Å². The van der Waals surface area contributed by atoms with Gasteiger partial charge in [-0.15, -0.1) is 0 Å². The maximum Gasteiger partial charge on any atom is 2.00 e. The molecule has 3 aromatic heterocycles. The van der Waals surface area contributed by atoms with Gasteiger partial charge in [0.2, 0.25) is 5.15 Å². The van der Waals surface area contributed by atoms with Gasteiger partial charge in [-0.1, -0.05) is 23.2 Å². The standard InChI is InChI=1S/C7H5ClN2.C5H3ClN2O2.C2H3.BrH.Mg/c8-7-6-5(1-3-9-6)2-4-10-7;6-5-4(8(9)10)2-1-3-7-5;1-2;;/h1-4,9H;1-3H;1H,2H2;1H;/q;;-1;;+2/p-1. The third-order valence-corrected chi connectivity index (χ3v) is 2.94. The largest absolute Gasteiger partial charge is 2.00 e. The van der Waals surface area contributed by atoms with Crippen molar-refractivity contribution in [3.63, 3.8) is 0 Å². The van der Waals surface area contributed by atoms with Crippen LogP contribution in [-0.2, 0) is 0 Å². The van der Waals surface area contributed by atoms with Crippen LogP contribution < -0.4 is 17.0 Å². The fourth-order valence-corrected chi connectivity index (χ4v) is 1.87. The Balaban J connectivity index is 0. The van der Waals surface area contributed by atoms with Gasteiger partial charge in [0.25, 0.3) is 0 Å². The number of nitro groups is 1. The van der Waals surface area contributed by atoms with Gasteiger partial charge in [0.05, 0.1) is 10.4 Å². The van der Waals surface area contributed by atoms with E-state index in [0.29, 0.717) is 5.15 Å². The third kappa shape index (κ3) is 7.14. The van der Waals surface area contributed by atoms with Crippen molar-refractivity contribution in [2.24, 2.45) is 0 Å². The van der Waals surface area contributed by atoms with Crippen molar-refractivity contribution in [3.05, 3.63) is 76.4 Å². The molecule has 0 spiro atoms. The first-order chi connectivity index (χ1) is 10.6. The molecule has 6 nitrogen and oxygen atoms in total. The van der Waals surface area contributed by atoms with Crippen LogP contribution in [0.5, 0.6) is 0 Å². The Labute approximate surface area is 175 Å². The molecule has 0 saturated heterocycles. The normalized spacial score (nSPS) is 8.42. The van der Waals surface area contributed by atoms with Gasteiger partial charge in [-0.05, 0) is 18.2 Å². The molecule has 0 atom stereocenters. The maximum atomic E-state index is 10.1. The van der Waals surface area contributed by atoms with E-state index < -0.39 is 4.92 Å². The summed E-state index contributed by atoms with van der Waals surface area (Å²) < 4.78 is 0.